The number of amides is 2. The van der Waals surface area contributed by atoms with Crippen molar-refractivity contribution in [3.8, 4) is 0 Å². The molecule has 1 aliphatic rings. The summed E-state index contributed by atoms with van der Waals surface area (Å²) >= 11 is 5.27. The Morgan fingerprint density at radius 1 is 0.867 bits per heavy atom. The molecule has 0 aromatic heterocycles. The standard InChI is InChI=1S/C24H29N3O2S/c1-24(2,3)19-11-7-17(8-12-19)21(28)26-23(30)25-20-13-9-18(10-14-20)22(29)27-15-5-4-6-16-27/h7-14H,4-6,15-16H2,1-3H3,(H2,25,26,28,30). The molecular formula is C24H29N3O2S. The second-order valence-electron chi connectivity index (χ2n) is 8.67. The Morgan fingerprint density at radius 2 is 1.43 bits per heavy atom. The maximum absolute atomic E-state index is 12.5. The van der Waals surface area contributed by atoms with E-state index in [0.29, 0.717) is 11.1 Å². The number of nitrogens with zero attached hydrogens (tertiary/aromatic N) is 1. The predicted octanol–water partition coefficient (Wildman–Crippen LogP) is 4.74. The highest BCUT2D eigenvalue weighted by Crippen LogP contribution is 2.22. The summed E-state index contributed by atoms with van der Waals surface area (Å²) in [6.07, 6.45) is 3.33. The first-order chi connectivity index (χ1) is 14.2. The second kappa shape index (κ2) is 9.39. The van der Waals surface area contributed by atoms with Crippen molar-refractivity contribution in [2.24, 2.45) is 0 Å². The van der Waals surface area contributed by atoms with Gasteiger partial charge < -0.3 is 10.2 Å². The zero-order valence-corrected chi connectivity index (χ0v) is 18.6. The van der Waals surface area contributed by atoms with Gasteiger partial charge in [-0.2, -0.15) is 0 Å². The van der Waals surface area contributed by atoms with Crippen LogP contribution in [0.25, 0.3) is 0 Å². The van der Waals surface area contributed by atoms with E-state index in [-0.39, 0.29) is 22.3 Å². The van der Waals surface area contributed by atoms with Crippen LogP contribution in [0.5, 0.6) is 0 Å². The van der Waals surface area contributed by atoms with E-state index in [0.717, 1.165) is 31.6 Å². The molecule has 0 aliphatic carbocycles. The van der Waals surface area contributed by atoms with E-state index in [1.807, 2.05) is 17.0 Å². The monoisotopic (exact) mass is 423 g/mol. The number of thiocarbonyl (C=S) groups is 1. The van der Waals surface area contributed by atoms with Crippen molar-refractivity contribution in [1.29, 1.82) is 0 Å². The third-order valence-corrected chi connectivity index (χ3v) is 5.48. The Balaban J connectivity index is 1.55. The van der Waals surface area contributed by atoms with Gasteiger partial charge in [0.25, 0.3) is 11.8 Å². The lowest BCUT2D eigenvalue weighted by Gasteiger charge is -2.26. The average molecular weight is 424 g/mol. The quantitative estimate of drug-likeness (QED) is 0.700. The lowest BCUT2D eigenvalue weighted by molar-refractivity contribution is 0.0724. The van der Waals surface area contributed by atoms with E-state index >= 15 is 0 Å². The molecule has 2 aromatic rings. The highest BCUT2D eigenvalue weighted by atomic mass is 32.1. The number of hydrogen-bond acceptors (Lipinski definition) is 3. The van der Waals surface area contributed by atoms with Crippen molar-refractivity contribution in [1.82, 2.24) is 10.2 Å². The van der Waals surface area contributed by atoms with Gasteiger partial charge in [0, 0.05) is 29.9 Å². The number of anilines is 1. The number of rotatable bonds is 3. The van der Waals surface area contributed by atoms with Crippen LogP contribution in [0.2, 0.25) is 0 Å². The fourth-order valence-electron chi connectivity index (χ4n) is 3.43. The molecule has 1 heterocycles. The Labute approximate surface area is 183 Å². The van der Waals surface area contributed by atoms with Gasteiger partial charge in [-0.3, -0.25) is 14.9 Å². The summed E-state index contributed by atoms with van der Waals surface area (Å²) in [5, 5.41) is 5.91. The number of benzene rings is 2. The van der Waals surface area contributed by atoms with Gasteiger partial charge in [0.15, 0.2) is 5.11 Å². The minimum atomic E-state index is -0.259. The molecular weight excluding hydrogens is 394 g/mol. The highest BCUT2D eigenvalue weighted by molar-refractivity contribution is 7.80. The zero-order chi connectivity index (χ0) is 21.7. The number of piperidine rings is 1. The van der Waals surface area contributed by atoms with Crippen LogP contribution in [0.3, 0.4) is 0 Å². The molecule has 2 aromatic carbocycles. The summed E-state index contributed by atoms with van der Waals surface area (Å²) in [4.78, 5) is 26.9. The topological polar surface area (TPSA) is 61.4 Å². The summed E-state index contributed by atoms with van der Waals surface area (Å²) in [5.74, 6) is -0.194. The Kier molecular flexibility index (Phi) is 6.87. The summed E-state index contributed by atoms with van der Waals surface area (Å²) in [7, 11) is 0. The Bertz CT molecular complexity index is 909. The molecule has 3 rings (SSSR count). The first kappa shape index (κ1) is 22.0. The molecule has 0 bridgehead atoms. The van der Waals surface area contributed by atoms with Gasteiger partial charge in [-0.05, 0) is 78.9 Å². The predicted molar refractivity (Wildman–Crippen MR) is 125 cm³/mol. The van der Waals surface area contributed by atoms with Crippen LogP contribution in [0.4, 0.5) is 5.69 Å². The Morgan fingerprint density at radius 3 is 2.00 bits per heavy atom. The maximum atomic E-state index is 12.5. The van der Waals surface area contributed by atoms with Crippen LogP contribution in [0.15, 0.2) is 48.5 Å². The van der Waals surface area contributed by atoms with E-state index in [1.54, 1.807) is 36.4 Å². The fraction of sp³-hybridized carbons (Fsp3) is 0.375. The van der Waals surface area contributed by atoms with Crippen molar-refractivity contribution < 1.29 is 9.59 Å². The van der Waals surface area contributed by atoms with Crippen molar-refractivity contribution >= 4 is 34.8 Å². The van der Waals surface area contributed by atoms with Gasteiger partial charge in [0.05, 0.1) is 0 Å². The molecule has 0 radical (unpaired) electrons. The van der Waals surface area contributed by atoms with Crippen molar-refractivity contribution in [2.75, 3.05) is 18.4 Å². The molecule has 0 atom stereocenters. The third kappa shape index (κ3) is 5.66. The molecule has 1 fully saturated rings. The largest absolute Gasteiger partial charge is 0.339 e. The van der Waals surface area contributed by atoms with E-state index in [9.17, 15) is 9.59 Å². The van der Waals surface area contributed by atoms with Crippen LogP contribution in [-0.4, -0.2) is 34.9 Å². The SMILES string of the molecule is CC(C)(C)c1ccc(C(=O)NC(=S)Nc2ccc(C(=O)N3CCCCC3)cc2)cc1. The number of carbonyl (C=O) groups excluding carboxylic acids is 2. The van der Waals surface area contributed by atoms with Crippen molar-refractivity contribution in [2.45, 2.75) is 45.4 Å². The van der Waals surface area contributed by atoms with E-state index in [1.165, 1.54) is 12.0 Å². The summed E-state index contributed by atoms with van der Waals surface area (Å²) in [5.41, 5.74) is 3.14. The molecule has 5 nitrogen and oxygen atoms in total. The molecule has 30 heavy (non-hydrogen) atoms. The summed E-state index contributed by atoms with van der Waals surface area (Å²) in [6, 6.07) is 14.7. The van der Waals surface area contributed by atoms with E-state index in [2.05, 4.69) is 31.4 Å². The van der Waals surface area contributed by atoms with Gasteiger partial charge >= 0.3 is 0 Å². The molecule has 2 amide bonds. The molecule has 6 heteroatoms. The highest BCUT2D eigenvalue weighted by Gasteiger charge is 2.18. The van der Waals surface area contributed by atoms with Crippen LogP contribution in [0.1, 0.15) is 66.3 Å². The fourth-order valence-corrected chi connectivity index (χ4v) is 3.65. The molecule has 0 unspecified atom stereocenters. The third-order valence-electron chi connectivity index (χ3n) is 5.27. The lowest BCUT2D eigenvalue weighted by atomic mass is 9.87. The molecule has 0 spiro atoms. The van der Waals surface area contributed by atoms with Crippen LogP contribution >= 0.6 is 12.2 Å². The Hall–Kier alpha value is -2.73. The summed E-state index contributed by atoms with van der Waals surface area (Å²) in [6.45, 7) is 8.04. The maximum Gasteiger partial charge on any atom is 0.257 e. The summed E-state index contributed by atoms with van der Waals surface area (Å²) < 4.78 is 0. The number of carbonyl (C=O) groups is 2. The number of likely N-dealkylation sites (tertiary alicyclic amines) is 1. The first-order valence-corrected chi connectivity index (χ1v) is 10.8. The number of nitrogens with one attached hydrogen (secondary N) is 2. The average Bonchev–Trinajstić information content (AvgIpc) is 2.74. The van der Waals surface area contributed by atoms with E-state index < -0.39 is 0 Å². The minimum Gasteiger partial charge on any atom is -0.339 e. The molecule has 2 N–H and O–H groups in total. The molecule has 1 saturated heterocycles. The van der Waals surface area contributed by atoms with Crippen LogP contribution < -0.4 is 10.6 Å². The smallest absolute Gasteiger partial charge is 0.257 e. The first-order valence-electron chi connectivity index (χ1n) is 10.4. The minimum absolute atomic E-state index is 0.0351. The van der Waals surface area contributed by atoms with Gasteiger partial charge in [-0.15, -0.1) is 0 Å². The lowest BCUT2D eigenvalue weighted by Crippen LogP contribution is -2.35. The van der Waals surface area contributed by atoms with Gasteiger partial charge in [-0.1, -0.05) is 32.9 Å². The number of hydrogen-bond donors (Lipinski definition) is 2. The van der Waals surface area contributed by atoms with Crippen LogP contribution in [0, 0.1) is 0 Å². The van der Waals surface area contributed by atoms with Crippen molar-refractivity contribution in [3.05, 3.63) is 65.2 Å². The van der Waals surface area contributed by atoms with Crippen molar-refractivity contribution in [3.63, 3.8) is 0 Å². The van der Waals surface area contributed by atoms with Gasteiger partial charge in [-0.25, -0.2) is 0 Å². The van der Waals surface area contributed by atoms with Gasteiger partial charge in [0.2, 0.25) is 0 Å². The van der Waals surface area contributed by atoms with E-state index in [4.69, 9.17) is 12.2 Å². The second-order valence-corrected chi connectivity index (χ2v) is 9.07. The molecule has 158 valence electrons. The van der Waals surface area contributed by atoms with Crippen LogP contribution in [-0.2, 0) is 5.41 Å². The van der Waals surface area contributed by atoms with Gasteiger partial charge in [0.1, 0.15) is 0 Å². The molecule has 1 aliphatic heterocycles. The molecule has 0 saturated carbocycles. The zero-order valence-electron chi connectivity index (χ0n) is 17.8. The normalized spacial score (nSPS) is 14.2.